The fraction of sp³-hybridized carbons (Fsp3) is 0.923. The van der Waals surface area contributed by atoms with Crippen LogP contribution in [-0.4, -0.2) is 38.3 Å². The third-order valence-corrected chi connectivity index (χ3v) is 3.12. The molecule has 100 valence electrons. The van der Waals surface area contributed by atoms with Gasteiger partial charge in [-0.3, -0.25) is 4.79 Å². The molecule has 1 rings (SSSR count). The molecule has 1 atom stereocenters. The Balaban J connectivity index is 1.93. The van der Waals surface area contributed by atoms with Crippen molar-refractivity contribution < 1.29 is 9.53 Å². The topological polar surface area (TPSA) is 50.4 Å². The van der Waals surface area contributed by atoms with E-state index in [0.717, 1.165) is 39.1 Å². The molecule has 1 saturated heterocycles. The Kier molecular flexibility index (Phi) is 8.01. The van der Waals surface area contributed by atoms with Crippen LogP contribution >= 0.6 is 0 Å². The maximum atomic E-state index is 11.5. The molecule has 4 nitrogen and oxygen atoms in total. The fourth-order valence-electron chi connectivity index (χ4n) is 2.11. The second-order valence-corrected chi connectivity index (χ2v) is 4.59. The summed E-state index contributed by atoms with van der Waals surface area (Å²) in [6.45, 7) is 5.32. The van der Waals surface area contributed by atoms with Gasteiger partial charge in [0, 0.05) is 32.2 Å². The molecule has 0 spiro atoms. The average Bonchev–Trinajstić information content (AvgIpc) is 2.37. The first-order valence-electron chi connectivity index (χ1n) is 6.90. The van der Waals surface area contributed by atoms with Gasteiger partial charge in [0.05, 0.1) is 0 Å². The zero-order valence-corrected chi connectivity index (χ0v) is 11.0. The molecule has 1 heterocycles. The first-order chi connectivity index (χ1) is 8.33. The number of rotatable bonds is 8. The normalized spacial score (nSPS) is 20.2. The van der Waals surface area contributed by atoms with Gasteiger partial charge in [0.2, 0.25) is 5.91 Å². The van der Waals surface area contributed by atoms with E-state index < -0.39 is 0 Å². The zero-order chi connectivity index (χ0) is 12.3. The van der Waals surface area contributed by atoms with Crippen molar-refractivity contribution >= 4 is 5.91 Å². The highest BCUT2D eigenvalue weighted by Crippen LogP contribution is 2.11. The Bertz CT molecular complexity index is 204. The molecule has 17 heavy (non-hydrogen) atoms. The minimum absolute atomic E-state index is 0.175. The summed E-state index contributed by atoms with van der Waals surface area (Å²) < 4.78 is 5.21. The molecule has 0 aromatic carbocycles. The van der Waals surface area contributed by atoms with Crippen LogP contribution in [0, 0.1) is 0 Å². The highest BCUT2D eigenvalue weighted by molar-refractivity contribution is 5.75. The van der Waals surface area contributed by atoms with E-state index in [0.29, 0.717) is 12.5 Å². The summed E-state index contributed by atoms with van der Waals surface area (Å²) in [7, 11) is 0. The van der Waals surface area contributed by atoms with Gasteiger partial charge >= 0.3 is 0 Å². The smallest absolute Gasteiger partial charge is 0.220 e. The highest BCUT2D eigenvalue weighted by Gasteiger charge is 2.13. The molecule has 1 aliphatic heterocycles. The van der Waals surface area contributed by atoms with Crippen LogP contribution < -0.4 is 10.6 Å². The van der Waals surface area contributed by atoms with Crippen LogP contribution in [0.1, 0.15) is 45.4 Å². The first-order valence-corrected chi connectivity index (χ1v) is 6.90. The maximum absolute atomic E-state index is 11.5. The number of piperidine rings is 1. The summed E-state index contributed by atoms with van der Waals surface area (Å²) in [6.07, 6.45) is 6.32. The van der Waals surface area contributed by atoms with Gasteiger partial charge in [-0.25, -0.2) is 0 Å². The van der Waals surface area contributed by atoms with Crippen LogP contribution in [0.5, 0.6) is 0 Å². The van der Waals surface area contributed by atoms with E-state index in [9.17, 15) is 4.79 Å². The molecule has 0 saturated carbocycles. The van der Waals surface area contributed by atoms with E-state index in [-0.39, 0.29) is 5.91 Å². The van der Waals surface area contributed by atoms with Crippen LogP contribution in [0.3, 0.4) is 0 Å². The van der Waals surface area contributed by atoms with Gasteiger partial charge < -0.3 is 15.4 Å². The monoisotopic (exact) mass is 242 g/mol. The number of hydrogen-bond donors (Lipinski definition) is 2. The molecule has 1 aliphatic rings. The third kappa shape index (κ3) is 7.34. The molecule has 0 radical (unpaired) electrons. The van der Waals surface area contributed by atoms with Crippen LogP contribution in [0.2, 0.25) is 0 Å². The van der Waals surface area contributed by atoms with Crippen molar-refractivity contribution in [1.82, 2.24) is 10.6 Å². The van der Waals surface area contributed by atoms with Crippen molar-refractivity contribution in [2.24, 2.45) is 0 Å². The summed E-state index contributed by atoms with van der Waals surface area (Å²) in [5, 5.41) is 6.39. The SMILES string of the molecule is CCOCCCNC(=O)CCC1CCCCN1. The van der Waals surface area contributed by atoms with Gasteiger partial charge in [-0.15, -0.1) is 0 Å². The van der Waals surface area contributed by atoms with Gasteiger partial charge in [-0.1, -0.05) is 6.42 Å². The number of amides is 1. The van der Waals surface area contributed by atoms with Gasteiger partial charge in [-0.2, -0.15) is 0 Å². The van der Waals surface area contributed by atoms with Crippen molar-refractivity contribution in [1.29, 1.82) is 0 Å². The summed E-state index contributed by atoms with van der Waals surface area (Å²) in [5.74, 6) is 0.175. The minimum atomic E-state index is 0.175. The Morgan fingerprint density at radius 3 is 3.06 bits per heavy atom. The molecular formula is C13H26N2O2. The average molecular weight is 242 g/mol. The van der Waals surface area contributed by atoms with Crippen molar-refractivity contribution in [3.8, 4) is 0 Å². The Morgan fingerprint density at radius 2 is 2.35 bits per heavy atom. The van der Waals surface area contributed by atoms with Crippen molar-refractivity contribution in [3.63, 3.8) is 0 Å². The standard InChI is InChI=1S/C13H26N2O2/c1-2-17-11-5-10-15-13(16)8-7-12-6-3-4-9-14-12/h12,14H,2-11H2,1H3,(H,15,16). The molecule has 1 fully saturated rings. The van der Waals surface area contributed by atoms with Crippen LogP contribution in [0.4, 0.5) is 0 Å². The molecule has 4 heteroatoms. The van der Waals surface area contributed by atoms with E-state index in [1.807, 2.05) is 6.92 Å². The first kappa shape index (κ1) is 14.5. The van der Waals surface area contributed by atoms with E-state index >= 15 is 0 Å². The molecule has 0 aromatic rings. The molecule has 1 unspecified atom stereocenters. The molecule has 0 bridgehead atoms. The summed E-state index contributed by atoms with van der Waals surface area (Å²) in [6, 6.07) is 0.554. The number of carbonyl (C=O) groups excluding carboxylic acids is 1. The predicted octanol–water partition coefficient (Wildman–Crippen LogP) is 1.45. The number of nitrogens with one attached hydrogen (secondary N) is 2. The Labute approximate surface area is 104 Å². The van der Waals surface area contributed by atoms with E-state index in [1.54, 1.807) is 0 Å². The van der Waals surface area contributed by atoms with Gasteiger partial charge in [0.15, 0.2) is 0 Å². The second-order valence-electron chi connectivity index (χ2n) is 4.59. The van der Waals surface area contributed by atoms with Gasteiger partial charge in [0.1, 0.15) is 0 Å². The summed E-state index contributed by atoms with van der Waals surface area (Å²) >= 11 is 0. The zero-order valence-electron chi connectivity index (χ0n) is 11.0. The quantitative estimate of drug-likeness (QED) is 0.633. The second kappa shape index (κ2) is 9.42. The lowest BCUT2D eigenvalue weighted by atomic mass is 10.0. The maximum Gasteiger partial charge on any atom is 0.220 e. The lowest BCUT2D eigenvalue weighted by Gasteiger charge is -2.23. The molecule has 2 N–H and O–H groups in total. The van der Waals surface area contributed by atoms with Gasteiger partial charge in [-0.05, 0) is 39.2 Å². The molecule has 0 aromatic heterocycles. The van der Waals surface area contributed by atoms with Crippen LogP contribution in [0.15, 0.2) is 0 Å². The van der Waals surface area contributed by atoms with E-state index in [2.05, 4.69) is 10.6 Å². The predicted molar refractivity (Wildman–Crippen MR) is 69.0 cm³/mol. The van der Waals surface area contributed by atoms with Crippen molar-refractivity contribution in [3.05, 3.63) is 0 Å². The largest absolute Gasteiger partial charge is 0.382 e. The van der Waals surface area contributed by atoms with E-state index in [1.165, 1.54) is 19.3 Å². The number of ether oxygens (including phenoxy) is 1. The minimum Gasteiger partial charge on any atom is -0.382 e. The molecule has 1 amide bonds. The summed E-state index contributed by atoms with van der Waals surface area (Å²) in [4.78, 5) is 11.5. The molecular weight excluding hydrogens is 216 g/mol. The Morgan fingerprint density at radius 1 is 1.47 bits per heavy atom. The van der Waals surface area contributed by atoms with Crippen LogP contribution in [0.25, 0.3) is 0 Å². The molecule has 0 aliphatic carbocycles. The van der Waals surface area contributed by atoms with E-state index in [4.69, 9.17) is 4.74 Å². The van der Waals surface area contributed by atoms with Crippen molar-refractivity contribution in [2.45, 2.75) is 51.5 Å². The number of hydrogen-bond acceptors (Lipinski definition) is 3. The lowest BCUT2D eigenvalue weighted by Crippen LogP contribution is -2.35. The fourth-order valence-corrected chi connectivity index (χ4v) is 2.11. The van der Waals surface area contributed by atoms with Crippen molar-refractivity contribution in [2.75, 3.05) is 26.3 Å². The highest BCUT2D eigenvalue weighted by atomic mass is 16.5. The summed E-state index contributed by atoms with van der Waals surface area (Å²) in [5.41, 5.74) is 0. The lowest BCUT2D eigenvalue weighted by molar-refractivity contribution is -0.121. The number of carbonyl (C=O) groups is 1. The van der Waals surface area contributed by atoms with Crippen LogP contribution in [-0.2, 0) is 9.53 Å². The third-order valence-electron chi connectivity index (χ3n) is 3.12. The Hall–Kier alpha value is -0.610. The van der Waals surface area contributed by atoms with Gasteiger partial charge in [0.25, 0.3) is 0 Å².